The monoisotopic (exact) mass is 286 g/mol. The van der Waals surface area contributed by atoms with E-state index in [2.05, 4.69) is 5.32 Å². The zero-order valence-corrected chi connectivity index (χ0v) is 11.8. The smallest absolute Gasteiger partial charge is 0.256 e. The van der Waals surface area contributed by atoms with Crippen LogP contribution in [-0.4, -0.2) is 37.0 Å². The van der Waals surface area contributed by atoms with Crippen molar-refractivity contribution in [1.29, 1.82) is 0 Å². The quantitative estimate of drug-likeness (QED) is 0.927. The molecule has 0 saturated carbocycles. The van der Waals surface area contributed by atoms with Gasteiger partial charge in [0.25, 0.3) is 5.91 Å². The Bertz CT molecular complexity index is 424. The van der Waals surface area contributed by atoms with Crippen molar-refractivity contribution in [1.82, 2.24) is 10.2 Å². The van der Waals surface area contributed by atoms with Crippen LogP contribution in [0.1, 0.15) is 23.2 Å². The molecular formula is C13H16Cl2N2O. The van der Waals surface area contributed by atoms with Crippen LogP contribution >= 0.6 is 23.2 Å². The van der Waals surface area contributed by atoms with Gasteiger partial charge in [-0.05, 0) is 31.5 Å². The second-order valence-corrected chi connectivity index (χ2v) is 5.39. The number of carbonyl (C=O) groups is 1. The van der Waals surface area contributed by atoms with Crippen molar-refractivity contribution in [2.45, 2.75) is 18.9 Å². The molecule has 0 aromatic heterocycles. The molecule has 0 radical (unpaired) electrons. The minimum Gasteiger partial charge on any atom is -0.340 e. The lowest BCUT2D eigenvalue weighted by molar-refractivity contribution is 0.0784. The van der Waals surface area contributed by atoms with Gasteiger partial charge in [-0.1, -0.05) is 29.3 Å². The molecule has 1 heterocycles. The zero-order valence-electron chi connectivity index (χ0n) is 10.2. The number of amides is 1. The highest BCUT2D eigenvalue weighted by atomic mass is 35.5. The molecule has 1 aromatic carbocycles. The number of halogens is 2. The predicted molar refractivity (Wildman–Crippen MR) is 74.4 cm³/mol. The van der Waals surface area contributed by atoms with Gasteiger partial charge in [0.05, 0.1) is 15.6 Å². The van der Waals surface area contributed by atoms with E-state index in [1.165, 1.54) is 6.42 Å². The molecule has 1 N–H and O–H groups in total. The van der Waals surface area contributed by atoms with E-state index < -0.39 is 0 Å². The van der Waals surface area contributed by atoms with Crippen LogP contribution in [0.2, 0.25) is 10.0 Å². The Morgan fingerprint density at radius 2 is 2.11 bits per heavy atom. The summed E-state index contributed by atoms with van der Waals surface area (Å²) in [5, 5.41) is 4.17. The molecule has 5 heteroatoms. The van der Waals surface area contributed by atoms with Crippen LogP contribution in [0.25, 0.3) is 0 Å². The number of benzene rings is 1. The Kier molecular flexibility index (Phi) is 4.49. The number of nitrogens with one attached hydrogen (secondary N) is 1. The third kappa shape index (κ3) is 2.97. The summed E-state index contributed by atoms with van der Waals surface area (Å²) in [6, 6.07) is 5.48. The van der Waals surface area contributed by atoms with Crippen LogP contribution in [-0.2, 0) is 0 Å². The first-order chi connectivity index (χ1) is 8.59. The second kappa shape index (κ2) is 5.91. The van der Waals surface area contributed by atoms with Gasteiger partial charge < -0.3 is 10.2 Å². The second-order valence-electron chi connectivity index (χ2n) is 4.58. The maximum Gasteiger partial charge on any atom is 0.256 e. The van der Waals surface area contributed by atoms with Gasteiger partial charge in [-0.25, -0.2) is 0 Å². The minimum absolute atomic E-state index is 0.126. The summed E-state index contributed by atoms with van der Waals surface area (Å²) in [6.45, 7) is 1.71. The van der Waals surface area contributed by atoms with Crippen LogP contribution in [0.5, 0.6) is 0 Å². The fourth-order valence-corrected chi connectivity index (χ4v) is 2.78. The minimum atomic E-state index is -0.126. The van der Waals surface area contributed by atoms with Crippen LogP contribution in [0.3, 0.4) is 0 Å². The summed E-state index contributed by atoms with van der Waals surface area (Å²) in [5.74, 6) is -0.126. The van der Waals surface area contributed by atoms with Crippen molar-refractivity contribution in [3.05, 3.63) is 33.8 Å². The molecule has 98 valence electrons. The summed E-state index contributed by atoms with van der Waals surface area (Å²) in [7, 11) is 1.78. The van der Waals surface area contributed by atoms with Crippen molar-refractivity contribution >= 4 is 29.1 Å². The summed E-state index contributed by atoms with van der Waals surface area (Å²) in [5.41, 5.74) is 0.390. The Labute approximate surface area is 117 Å². The Morgan fingerprint density at radius 1 is 1.44 bits per heavy atom. The van der Waals surface area contributed by atoms with E-state index >= 15 is 0 Å². The van der Waals surface area contributed by atoms with Crippen molar-refractivity contribution in [2.75, 3.05) is 20.1 Å². The van der Waals surface area contributed by atoms with Gasteiger partial charge >= 0.3 is 0 Å². The highest BCUT2D eigenvalue weighted by molar-refractivity contribution is 6.39. The van der Waals surface area contributed by atoms with Crippen molar-refractivity contribution in [3.8, 4) is 0 Å². The van der Waals surface area contributed by atoms with Crippen LogP contribution in [0.4, 0.5) is 0 Å². The Morgan fingerprint density at radius 3 is 2.67 bits per heavy atom. The Balaban J connectivity index is 2.10. The molecule has 0 aliphatic carbocycles. The van der Waals surface area contributed by atoms with Crippen LogP contribution in [0.15, 0.2) is 18.2 Å². The van der Waals surface area contributed by atoms with Gasteiger partial charge in [-0.2, -0.15) is 0 Å². The number of hydrogen-bond donors (Lipinski definition) is 1. The van der Waals surface area contributed by atoms with Gasteiger partial charge in [0.2, 0.25) is 0 Å². The maximum absolute atomic E-state index is 12.3. The largest absolute Gasteiger partial charge is 0.340 e. The molecule has 1 amide bonds. The summed E-state index contributed by atoms with van der Waals surface area (Å²) in [4.78, 5) is 14.0. The molecule has 18 heavy (non-hydrogen) atoms. The molecule has 1 atom stereocenters. The summed E-state index contributed by atoms with van der Waals surface area (Å²) < 4.78 is 0. The van der Waals surface area contributed by atoms with Crippen LogP contribution in [0, 0.1) is 0 Å². The lowest BCUT2D eigenvalue weighted by Crippen LogP contribution is -2.38. The van der Waals surface area contributed by atoms with Gasteiger partial charge in [0, 0.05) is 19.6 Å². The topological polar surface area (TPSA) is 32.3 Å². The van der Waals surface area contributed by atoms with E-state index in [4.69, 9.17) is 23.2 Å². The molecule has 1 aliphatic rings. The van der Waals surface area contributed by atoms with Crippen molar-refractivity contribution in [3.63, 3.8) is 0 Å². The van der Waals surface area contributed by atoms with Gasteiger partial charge in [-0.15, -0.1) is 0 Å². The summed E-state index contributed by atoms with van der Waals surface area (Å²) >= 11 is 12.1. The molecule has 1 saturated heterocycles. The van der Waals surface area contributed by atoms with E-state index in [-0.39, 0.29) is 5.91 Å². The highest BCUT2D eigenvalue weighted by Gasteiger charge is 2.22. The van der Waals surface area contributed by atoms with E-state index in [9.17, 15) is 4.79 Å². The maximum atomic E-state index is 12.3. The lowest BCUT2D eigenvalue weighted by atomic mass is 10.1. The van der Waals surface area contributed by atoms with Crippen molar-refractivity contribution in [2.24, 2.45) is 0 Å². The van der Waals surface area contributed by atoms with E-state index in [1.807, 2.05) is 0 Å². The predicted octanol–water partition coefficient (Wildman–Crippen LogP) is 2.82. The SMILES string of the molecule is CN(CC1CCCN1)C(=O)c1c(Cl)cccc1Cl. The highest BCUT2D eigenvalue weighted by Crippen LogP contribution is 2.25. The van der Waals surface area contributed by atoms with E-state index in [0.29, 0.717) is 28.2 Å². The molecular weight excluding hydrogens is 271 g/mol. The van der Waals surface area contributed by atoms with Gasteiger partial charge in [0.15, 0.2) is 0 Å². The molecule has 0 spiro atoms. The molecule has 1 unspecified atom stereocenters. The third-order valence-electron chi connectivity index (χ3n) is 3.18. The lowest BCUT2D eigenvalue weighted by Gasteiger charge is -2.22. The fourth-order valence-electron chi connectivity index (χ4n) is 2.22. The normalized spacial score (nSPS) is 18.9. The Hall–Kier alpha value is -0.770. The standard InChI is InChI=1S/C13H16Cl2N2O/c1-17(8-9-4-3-7-16-9)13(18)12-10(14)5-2-6-11(12)15/h2,5-6,9,16H,3-4,7-8H2,1H3. The average Bonchev–Trinajstić information content (AvgIpc) is 2.81. The molecule has 1 aliphatic heterocycles. The molecule has 0 bridgehead atoms. The summed E-state index contributed by atoms with van der Waals surface area (Å²) in [6.07, 6.45) is 2.27. The van der Waals surface area contributed by atoms with Gasteiger partial charge in [-0.3, -0.25) is 4.79 Å². The number of carbonyl (C=O) groups excluding carboxylic acids is 1. The fraction of sp³-hybridized carbons (Fsp3) is 0.462. The molecule has 2 rings (SSSR count). The number of likely N-dealkylation sites (N-methyl/N-ethyl adjacent to an activating group) is 1. The third-order valence-corrected chi connectivity index (χ3v) is 3.81. The number of nitrogens with zero attached hydrogens (tertiary/aromatic N) is 1. The number of hydrogen-bond acceptors (Lipinski definition) is 2. The van der Waals surface area contributed by atoms with E-state index in [0.717, 1.165) is 13.0 Å². The molecule has 1 fully saturated rings. The number of rotatable bonds is 3. The first-order valence-electron chi connectivity index (χ1n) is 6.02. The molecule has 3 nitrogen and oxygen atoms in total. The van der Waals surface area contributed by atoms with E-state index in [1.54, 1.807) is 30.1 Å². The first kappa shape index (κ1) is 13.7. The zero-order chi connectivity index (χ0) is 13.1. The average molecular weight is 287 g/mol. The van der Waals surface area contributed by atoms with Crippen molar-refractivity contribution < 1.29 is 4.79 Å². The first-order valence-corrected chi connectivity index (χ1v) is 6.78. The van der Waals surface area contributed by atoms with Gasteiger partial charge in [0.1, 0.15) is 0 Å². The molecule has 1 aromatic rings. The van der Waals surface area contributed by atoms with Crippen LogP contribution < -0.4 is 5.32 Å².